The third kappa shape index (κ3) is 3.60. The maximum absolute atomic E-state index is 12.8. The van der Waals surface area contributed by atoms with Crippen LogP contribution >= 0.6 is 0 Å². The molecular formula is C19H22N2O6. The van der Waals surface area contributed by atoms with Crippen molar-refractivity contribution in [2.24, 2.45) is 11.8 Å². The SMILES string of the molecule is COc1ccc(C(C(C(C)=O)C(C)=O)C2C(=O)N(C)C(=O)N(C)C2=O)cc1. The number of imide groups is 2. The largest absolute Gasteiger partial charge is 0.497 e. The molecule has 0 saturated carbocycles. The second kappa shape index (κ2) is 7.69. The van der Waals surface area contributed by atoms with Gasteiger partial charge in [0, 0.05) is 20.0 Å². The van der Waals surface area contributed by atoms with Crippen LogP contribution in [0.5, 0.6) is 5.75 Å². The highest BCUT2D eigenvalue weighted by molar-refractivity contribution is 6.17. The van der Waals surface area contributed by atoms with Gasteiger partial charge < -0.3 is 4.74 Å². The van der Waals surface area contributed by atoms with Gasteiger partial charge in [-0.15, -0.1) is 0 Å². The molecule has 27 heavy (non-hydrogen) atoms. The number of Topliss-reactive ketones (excluding diaryl/α,β-unsaturated/α-hetero) is 2. The van der Waals surface area contributed by atoms with Gasteiger partial charge in [0.25, 0.3) is 0 Å². The molecule has 0 bridgehead atoms. The van der Waals surface area contributed by atoms with E-state index in [-0.39, 0.29) is 0 Å². The Hall–Kier alpha value is -3.03. The van der Waals surface area contributed by atoms with Crippen LogP contribution in [0, 0.1) is 11.8 Å². The first-order valence-corrected chi connectivity index (χ1v) is 8.35. The molecule has 1 aromatic rings. The molecule has 1 atom stereocenters. The number of benzene rings is 1. The molecule has 8 heteroatoms. The highest BCUT2D eigenvalue weighted by atomic mass is 16.5. The van der Waals surface area contributed by atoms with E-state index in [9.17, 15) is 24.0 Å². The number of urea groups is 1. The summed E-state index contributed by atoms with van der Waals surface area (Å²) in [7, 11) is 4.02. The van der Waals surface area contributed by atoms with Gasteiger partial charge in [0.15, 0.2) is 0 Å². The van der Waals surface area contributed by atoms with Crippen molar-refractivity contribution in [3.8, 4) is 5.75 Å². The molecule has 144 valence electrons. The summed E-state index contributed by atoms with van der Waals surface area (Å²) in [4.78, 5) is 63.8. The third-order valence-electron chi connectivity index (χ3n) is 4.86. The van der Waals surface area contributed by atoms with Crippen LogP contribution in [0.3, 0.4) is 0 Å². The van der Waals surface area contributed by atoms with Crippen molar-refractivity contribution in [1.82, 2.24) is 9.80 Å². The molecule has 0 aromatic heterocycles. The number of hydrogen-bond acceptors (Lipinski definition) is 6. The van der Waals surface area contributed by atoms with E-state index in [1.807, 2.05) is 0 Å². The topological polar surface area (TPSA) is 101 Å². The van der Waals surface area contributed by atoms with Crippen molar-refractivity contribution >= 4 is 29.4 Å². The highest BCUT2D eigenvalue weighted by Crippen LogP contribution is 2.38. The molecule has 1 heterocycles. The van der Waals surface area contributed by atoms with Crippen LogP contribution in [0.4, 0.5) is 4.79 Å². The highest BCUT2D eigenvalue weighted by Gasteiger charge is 2.50. The lowest BCUT2D eigenvalue weighted by molar-refractivity contribution is -0.150. The lowest BCUT2D eigenvalue weighted by Crippen LogP contribution is -2.59. The van der Waals surface area contributed by atoms with Crippen LogP contribution in [0.15, 0.2) is 24.3 Å². The van der Waals surface area contributed by atoms with E-state index in [0.717, 1.165) is 9.80 Å². The van der Waals surface area contributed by atoms with Crippen LogP contribution in [-0.2, 0) is 19.2 Å². The monoisotopic (exact) mass is 374 g/mol. The van der Waals surface area contributed by atoms with Crippen LogP contribution in [0.25, 0.3) is 0 Å². The summed E-state index contributed by atoms with van der Waals surface area (Å²) < 4.78 is 5.11. The molecule has 4 amide bonds. The standard InChI is InChI=1S/C19H22N2O6/c1-10(22)14(11(2)23)15(12-6-8-13(27-5)9-7-12)16-17(24)20(3)19(26)21(4)18(16)25/h6-9,14-16H,1-5H3. The second-order valence-corrected chi connectivity index (χ2v) is 6.55. The van der Waals surface area contributed by atoms with Crippen molar-refractivity contribution in [2.45, 2.75) is 19.8 Å². The fourth-order valence-corrected chi connectivity index (χ4v) is 3.44. The molecule has 0 aliphatic carbocycles. The molecule has 0 radical (unpaired) electrons. The minimum atomic E-state index is -1.36. The summed E-state index contributed by atoms with van der Waals surface area (Å²) >= 11 is 0. The van der Waals surface area contributed by atoms with E-state index in [0.29, 0.717) is 11.3 Å². The third-order valence-corrected chi connectivity index (χ3v) is 4.86. The van der Waals surface area contributed by atoms with Crippen molar-refractivity contribution in [3.05, 3.63) is 29.8 Å². The van der Waals surface area contributed by atoms with E-state index in [2.05, 4.69) is 0 Å². The molecule has 1 aliphatic rings. The molecule has 2 rings (SSSR count). The molecule has 0 N–H and O–H groups in total. The Morgan fingerprint density at radius 2 is 1.37 bits per heavy atom. The number of rotatable bonds is 6. The number of methoxy groups -OCH3 is 1. The predicted octanol–water partition coefficient (Wildman–Crippen LogP) is 1.24. The summed E-state index contributed by atoms with van der Waals surface area (Å²) in [5.41, 5.74) is 0.467. The predicted molar refractivity (Wildman–Crippen MR) is 95.0 cm³/mol. The first-order valence-electron chi connectivity index (χ1n) is 8.35. The molecule has 0 spiro atoms. The number of nitrogens with zero attached hydrogens (tertiary/aromatic N) is 2. The Balaban J connectivity index is 2.65. The van der Waals surface area contributed by atoms with Gasteiger partial charge in [-0.05, 0) is 31.5 Å². The molecule has 8 nitrogen and oxygen atoms in total. The number of amides is 4. The van der Waals surface area contributed by atoms with Crippen LogP contribution < -0.4 is 4.74 Å². The van der Waals surface area contributed by atoms with Crippen molar-refractivity contribution in [1.29, 1.82) is 0 Å². The number of barbiturate groups is 1. The first kappa shape index (κ1) is 20.3. The van der Waals surface area contributed by atoms with Gasteiger partial charge in [-0.3, -0.25) is 29.0 Å². The summed E-state index contributed by atoms with van der Waals surface area (Å²) in [6.07, 6.45) is 0. The van der Waals surface area contributed by atoms with Gasteiger partial charge in [0.2, 0.25) is 11.8 Å². The number of hydrogen-bond donors (Lipinski definition) is 0. The zero-order chi connectivity index (χ0) is 20.5. The summed E-state index contributed by atoms with van der Waals surface area (Å²) in [6, 6.07) is 5.71. The van der Waals surface area contributed by atoms with Crippen LogP contribution in [-0.4, -0.2) is 60.4 Å². The van der Waals surface area contributed by atoms with E-state index in [4.69, 9.17) is 4.74 Å². The average Bonchev–Trinajstić information content (AvgIpc) is 2.63. The maximum atomic E-state index is 12.8. The molecule has 1 saturated heterocycles. The summed E-state index contributed by atoms with van der Waals surface area (Å²) in [5.74, 6) is -5.41. The molecule has 1 fully saturated rings. The summed E-state index contributed by atoms with van der Waals surface area (Å²) in [5, 5.41) is 0. The van der Waals surface area contributed by atoms with E-state index >= 15 is 0 Å². The number of ketones is 2. The van der Waals surface area contributed by atoms with Crippen LogP contribution in [0.2, 0.25) is 0 Å². The van der Waals surface area contributed by atoms with Gasteiger partial charge in [-0.2, -0.15) is 0 Å². The van der Waals surface area contributed by atoms with Crippen molar-refractivity contribution < 1.29 is 28.7 Å². The Labute approximate surface area is 157 Å². The van der Waals surface area contributed by atoms with Gasteiger partial charge in [-0.25, -0.2) is 4.79 Å². The number of ether oxygens (including phenoxy) is 1. The Bertz CT molecular complexity index is 763. The number of carbonyl (C=O) groups is 5. The fourth-order valence-electron chi connectivity index (χ4n) is 3.44. The smallest absolute Gasteiger partial charge is 0.332 e. The molecular weight excluding hydrogens is 352 g/mol. The maximum Gasteiger partial charge on any atom is 0.332 e. The summed E-state index contributed by atoms with van der Waals surface area (Å²) in [6.45, 7) is 2.50. The van der Waals surface area contributed by atoms with Gasteiger partial charge >= 0.3 is 6.03 Å². The molecule has 1 unspecified atom stereocenters. The molecule has 1 aromatic carbocycles. The Morgan fingerprint density at radius 1 is 0.926 bits per heavy atom. The number of carbonyl (C=O) groups excluding carboxylic acids is 5. The van der Waals surface area contributed by atoms with Crippen LogP contribution in [0.1, 0.15) is 25.3 Å². The van der Waals surface area contributed by atoms with Crippen molar-refractivity contribution in [2.75, 3.05) is 21.2 Å². The lowest BCUT2D eigenvalue weighted by Gasteiger charge is -2.38. The second-order valence-electron chi connectivity index (χ2n) is 6.55. The minimum Gasteiger partial charge on any atom is -0.497 e. The first-order chi connectivity index (χ1) is 12.6. The van der Waals surface area contributed by atoms with E-state index in [1.165, 1.54) is 35.1 Å². The zero-order valence-electron chi connectivity index (χ0n) is 15.9. The van der Waals surface area contributed by atoms with Gasteiger partial charge in [0.1, 0.15) is 23.2 Å². The average molecular weight is 374 g/mol. The van der Waals surface area contributed by atoms with Crippen molar-refractivity contribution in [3.63, 3.8) is 0 Å². The Kier molecular flexibility index (Phi) is 5.78. The van der Waals surface area contributed by atoms with E-state index < -0.39 is 47.2 Å². The lowest BCUT2D eigenvalue weighted by atomic mass is 9.72. The molecule has 1 aliphatic heterocycles. The minimum absolute atomic E-state index is 0.453. The van der Waals surface area contributed by atoms with Gasteiger partial charge in [-0.1, -0.05) is 12.1 Å². The zero-order valence-corrected chi connectivity index (χ0v) is 15.9. The van der Waals surface area contributed by atoms with E-state index in [1.54, 1.807) is 24.3 Å². The van der Waals surface area contributed by atoms with Gasteiger partial charge in [0.05, 0.1) is 13.0 Å². The quantitative estimate of drug-likeness (QED) is 0.695. The Morgan fingerprint density at radius 3 is 1.74 bits per heavy atom. The normalized spacial score (nSPS) is 16.7. The fraction of sp³-hybridized carbons (Fsp3) is 0.421.